The SMILES string of the molecule is CN1CCCCc2nc(C3CCCC3)ccc2C1. The number of hydrogen-bond acceptors (Lipinski definition) is 2. The quantitative estimate of drug-likeness (QED) is 0.751. The number of pyridine rings is 1. The Morgan fingerprint density at radius 1 is 1.11 bits per heavy atom. The monoisotopic (exact) mass is 244 g/mol. The van der Waals surface area contributed by atoms with Gasteiger partial charge >= 0.3 is 0 Å². The van der Waals surface area contributed by atoms with Crippen molar-refractivity contribution in [1.29, 1.82) is 0 Å². The molecule has 1 fully saturated rings. The number of aromatic nitrogens is 1. The molecule has 2 heterocycles. The van der Waals surface area contributed by atoms with Crippen molar-refractivity contribution >= 4 is 0 Å². The first-order valence-corrected chi connectivity index (χ1v) is 7.50. The van der Waals surface area contributed by atoms with Crippen molar-refractivity contribution in [2.75, 3.05) is 13.6 Å². The molecule has 0 amide bonds. The van der Waals surface area contributed by atoms with Crippen LogP contribution in [0.3, 0.4) is 0 Å². The van der Waals surface area contributed by atoms with Gasteiger partial charge in [0.25, 0.3) is 0 Å². The van der Waals surface area contributed by atoms with Crippen LogP contribution in [0.1, 0.15) is 61.4 Å². The minimum atomic E-state index is 0.749. The molecule has 1 aliphatic carbocycles. The normalized spacial score (nSPS) is 22.5. The van der Waals surface area contributed by atoms with Crippen molar-refractivity contribution < 1.29 is 0 Å². The van der Waals surface area contributed by atoms with Crippen LogP contribution in [-0.4, -0.2) is 23.5 Å². The molecule has 3 rings (SSSR count). The van der Waals surface area contributed by atoms with Gasteiger partial charge in [0.15, 0.2) is 0 Å². The van der Waals surface area contributed by atoms with Crippen LogP contribution in [0.5, 0.6) is 0 Å². The number of aryl methyl sites for hydroxylation is 1. The van der Waals surface area contributed by atoms with Crippen LogP contribution in [0.15, 0.2) is 12.1 Å². The van der Waals surface area contributed by atoms with Crippen LogP contribution in [-0.2, 0) is 13.0 Å². The van der Waals surface area contributed by atoms with Crippen LogP contribution < -0.4 is 0 Å². The van der Waals surface area contributed by atoms with E-state index in [1.807, 2.05) is 0 Å². The van der Waals surface area contributed by atoms with E-state index in [4.69, 9.17) is 4.98 Å². The maximum Gasteiger partial charge on any atom is 0.0452 e. The molecule has 0 atom stereocenters. The standard InChI is InChI=1S/C16H24N2/c1-18-11-5-4-8-15-14(12-18)9-10-16(17-15)13-6-2-3-7-13/h9-10,13H,2-8,11-12H2,1H3. The molecule has 0 aromatic carbocycles. The van der Waals surface area contributed by atoms with Crippen molar-refractivity contribution in [3.63, 3.8) is 0 Å². The third-order valence-electron chi connectivity index (χ3n) is 4.51. The second kappa shape index (κ2) is 5.40. The van der Waals surface area contributed by atoms with E-state index in [0.717, 1.165) is 12.5 Å². The number of rotatable bonds is 1. The first-order chi connectivity index (χ1) is 8.83. The zero-order valence-electron chi connectivity index (χ0n) is 11.5. The summed E-state index contributed by atoms with van der Waals surface area (Å²) in [4.78, 5) is 7.43. The Kier molecular flexibility index (Phi) is 3.64. The molecule has 0 bridgehead atoms. The average Bonchev–Trinajstić information content (AvgIpc) is 2.87. The smallest absolute Gasteiger partial charge is 0.0452 e. The summed E-state index contributed by atoms with van der Waals surface area (Å²) in [6, 6.07) is 4.64. The van der Waals surface area contributed by atoms with Crippen molar-refractivity contribution in [1.82, 2.24) is 9.88 Å². The summed E-state index contributed by atoms with van der Waals surface area (Å²) in [6.45, 7) is 2.30. The Labute approximate surface area is 110 Å². The van der Waals surface area contributed by atoms with E-state index < -0.39 is 0 Å². The third kappa shape index (κ3) is 2.59. The van der Waals surface area contributed by atoms with Gasteiger partial charge in [0, 0.05) is 23.9 Å². The maximum atomic E-state index is 5.00. The molecule has 0 spiro atoms. The van der Waals surface area contributed by atoms with Crippen LogP contribution in [0.25, 0.3) is 0 Å². The molecule has 98 valence electrons. The predicted molar refractivity (Wildman–Crippen MR) is 74.7 cm³/mol. The molecule has 0 unspecified atom stereocenters. The fourth-order valence-corrected chi connectivity index (χ4v) is 3.40. The Hall–Kier alpha value is -0.890. The summed E-state index contributed by atoms with van der Waals surface area (Å²) in [6.07, 6.45) is 9.28. The summed E-state index contributed by atoms with van der Waals surface area (Å²) in [5.74, 6) is 0.749. The highest BCUT2D eigenvalue weighted by Gasteiger charge is 2.20. The van der Waals surface area contributed by atoms with Gasteiger partial charge in [0.2, 0.25) is 0 Å². The van der Waals surface area contributed by atoms with Crippen LogP contribution >= 0.6 is 0 Å². The van der Waals surface area contributed by atoms with E-state index in [2.05, 4.69) is 24.1 Å². The van der Waals surface area contributed by atoms with E-state index in [0.29, 0.717) is 0 Å². The van der Waals surface area contributed by atoms with Gasteiger partial charge in [-0.3, -0.25) is 4.98 Å². The summed E-state index contributed by atoms with van der Waals surface area (Å²) >= 11 is 0. The molecular formula is C16H24N2. The lowest BCUT2D eigenvalue weighted by Gasteiger charge is -2.22. The molecule has 0 N–H and O–H groups in total. The van der Waals surface area contributed by atoms with E-state index in [-0.39, 0.29) is 0 Å². The lowest BCUT2D eigenvalue weighted by atomic mass is 9.99. The minimum Gasteiger partial charge on any atom is -0.302 e. The van der Waals surface area contributed by atoms with Crippen molar-refractivity contribution in [2.45, 2.75) is 57.4 Å². The number of nitrogens with zero attached hydrogens (tertiary/aromatic N) is 2. The van der Waals surface area contributed by atoms with Gasteiger partial charge < -0.3 is 4.90 Å². The van der Waals surface area contributed by atoms with Gasteiger partial charge in [-0.25, -0.2) is 0 Å². The molecule has 0 saturated heterocycles. The zero-order valence-corrected chi connectivity index (χ0v) is 11.5. The molecule has 1 aliphatic heterocycles. The fraction of sp³-hybridized carbons (Fsp3) is 0.688. The van der Waals surface area contributed by atoms with E-state index >= 15 is 0 Å². The first-order valence-electron chi connectivity index (χ1n) is 7.50. The van der Waals surface area contributed by atoms with Gasteiger partial charge in [-0.2, -0.15) is 0 Å². The van der Waals surface area contributed by atoms with Crippen molar-refractivity contribution in [3.05, 3.63) is 29.1 Å². The molecule has 2 nitrogen and oxygen atoms in total. The highest BCUT2D eigenvalue weighted by Crippen LogP contribution is 2.33. The van der Waals surface area contributed by atoms with Gasteiger partial charge in [-0.1, -0.05) is 18.9 Å². The Morgan fingerprint density at radius 2 is 1.94 bits per heavy atom. The number of hydrogen-bond donors (Lipinski definition) is 0. The average molecular weight is 244 g/mol. The van der Waals surface area contributed by atoms with Crippen molar-refractivity contribution in [2.24, 2.45) is 0 Å². The third-order valence-corrected chi connectivity index (χ3v) is 4.51. The predicted octanol–water partition coefficient (Wildman–Crippen LogP) is 3.51. The van der Waals surface area contributed by atoms with Crippen LogP contribution in [0.4, 0.5) is 0 Å². The first kappa shape index (κ1) is 12.2. The fourth-order valence-electron chi connectivity index (χ4n) is 3.40. The lowest BCUT2D eigenvalue weighted by Crippen LogP contribution is -2.22. The summed E-state index contributed by atoms with van der Waals surface area (Å²) < 4.78 is 0. The molecule has 1 aromatic heterocycles. The molecular weight excluding hydrogens is 220 g/mol. The Balaban J connectivity index is 1.85. The molecule has 18 heavy (non-hydrogen) atoms. The van der Waals surface area contributed by atoms with E-state index in [1.165, 1.54) is 68.4 Å². The summed E-state index contributed by atoms with van der Waals surface area (Å²) in [5, 5.41) is 0. The highest BCUT2D eigenvalue weighted by molar-refractivity contribution is 5.26. The second-order valence-corrected chi connectivity index (χ2v) is 6.02. The topological polar surface area (TPSA) is 16.1 Å². The Bertz CT molecular complexity index is 408. The van der Waals surface area contributed by atoms with Crippen LogP contribution in [0, 0.1) is 0 Å². The summed E-state index contributed by atoms with van der Waals surface area (Å²) in [5.41, 5.74) is 4.21. The van der Waals surface area contributed by atoms with Gasteiger partial charge in [0.05, 0.1) is 0 Å². The molecule has 1 aromatic rings. The summed E-state index contributed by atoms with van der Waals surface area (Å²) in [7, 11) is 2.22. The van der Waals surface area contributed by atoms with E-state index in [9.17, 15) is 0 Å². The molecule has 0 radical (unpaired) electrons. The molecule has 2 heteroatoms. The largest absolute Gasteiger partial charge is 0.302 e. The van der Waals surface area contributed by atoms with Gasteiger partial charge in [0.1, 0.15) is 0 Å². The lowest BCUT2D eigenvalue weighted by molar-refractivity contribution is 0.309. The second-order valence-electron chi connectivity index (χ2n) is 6.02. The van der Waals surface area contributed by atoms with E-state index in [1.54, 1.807) is 0 Å². The Morgan fingerprint density at radius 3 is 2.78 bits per heavy atom. The van der Waals surface area contributed by atoms with Gasteiger partial charge in [-0.05, 0) is 57.3 Å². The number of fused-ring (bicyclic) bond motifs is 1. The molecule has 2 aliphatic rings. The van der Waals surface area contributed by atoms with Crippen molar-refractivity contribution in [3.8, 4) is 0 Å². The van der Waals surface area contributed by atoms with Gasteiger partial charge in [-0.15, -0.1) is 0 Å². The highest BCUT2D eigenvalue weighted by atomic mass is 15.1. The molecule has 1 saturated carbocycles. The zero-order chi connectivity index (χ0) is 12.4. The maximum absolute atomic E-state index is 5.00. The minimum absolute atomic E-state index is 0.749. The van der Waals surface area contributed by atoms with Crippen LogP contribution in [0.2, 0.25) is 0 Å².